The molecule has 1 N–H and O–H groups in total. The first-order valence-electron chi connectivity index (χ1n) is 8.10. The number of morpholine rings is 1. The number of rotatable bonds is 8. The molecule has 0 aromatic heterocycles. The zero-order valence-corrected chi connectivity index (χ0v) is 13.1. The van der Waals surface area contributed by atoms with E-state index in [0.29, 0.717) is 12.1 Å². The van der Waals surface area contributed by atoms with Crippen molar-refractivity contribution in [3.8, 4) is 0 Å². The molecule has 0 aromatic carbocycles. The van der Waals surface area contributed by atoms with Crippen LogP contribution in [0.4, 0.5) is 0 Å². The van der Waals surface area contributed by atoms with E-state index in [1.807, 2.05) is 7.11 Å². The Morgan fingerprint density at radius 2 is 2.10 bits per heavy atom. The third-order valence-electron chi connectivity index (χ3n) is 4.44. The lowest BCUT2D eigenvalue weighted by Crippen LogP contribution is -2.48. The fourth-order valence-electron chi connectivity index (χ4n) is 3.27. The van der Waals surface area contributed by atoms with E-state index in [9.17, 15) is 0 Å². The van der Waals surface area contributed by atoms with Gasteiger partial charge < -0.3 is 14.8 Å². The average Bonchev–Trinajstić information content (AvgIpc) is 2.97. The molecule has 5 nitrogen and oxygen atoms in total. The molecule has 2 saturated heterocycles. The van der Waals surface area contributed by atoms with Crippen molar-refractivity contribution in [1.29, 1.82) is 0 Å². The predicted molar refractivity (Wildman–Crippen MR) is 81.2 cm³/mol. The summed E-state index contributed by atoms with van der Waals surface area (Å²) in [5.74, 6) is 0. The van der Waals surface area contributed by atoms with E-state index in [1.54, 1.807) is 0 Å². The summed E-state index contributed by atoms with van der Waals surface area (Å²) in [6.07, 6.45) is 2.48. The minimum atomic E-state index is 0.512. The summed E-state index contributed by atoms with van der Waals surface area (Å²) in [5.41, 5.74) is 0. The van der Waals surface area contributed by atoms with Crippen molar-refractivity contribution in [2.24, 2.45) is 0 Å². The second-order valence-electron chi connectivity index (χ2n) is 5.90. The summed E-state index contributed by atoms with van der Waals surface area (Å²) in [6.45, 7) is 11.6. The molecule has 2 atom stereocenters. The number of methoxy groups -OCH3 is 1. The van der Waals surface area contributed by atoms with Crippen LogP contribution in [0.1, 0.15) is 19.8 Å². The molecule has 2 rings (SSSR count). The van der Waals surface area contributed by atoms with Crippen LogP contribution in [-0.4, -0.2) is 88.1 Å². The summed E-state index contributed by atoms with van der Waals surface area (Å²) in [7, 11) is 1.81. The Kier molecular flexibility index (Phi) is 7.24. The molecule has 0 radical (unpaired) electrons. The number of hydrogen-bond acceptors (Lipinski definition) is 5. The normalized spacial score (nSPS) is 27.0. The van der Waals surface area contributed by atoms with Gasteiger partial charge in [0.05, 0.1) is 19.8 Å². The molecule has 0 bridgehead atoms. The van der Waals surface area contributed by atoms with E-state index in [0.717, 1.165) is 46.0 Å². The number of likely N-dealkylation sites (tertiary alicyclic amines) is 1. The molecule has 118 valence electrons. The first kappa shape index (κ1) is 16.2. The molecule has 2 aliphatic rings. The van der Waals surface area contributed by atoms with E-state index >= 15 is 0 Å². The maximum absolute atomic E-state index is 5.45. The predicted octanol–water partition coefficient (Wildman–Crippen LogP) is 0.408. The van der Waals surface area contributed by atoms with Crippen molar-refractivity contribution in [2.45, 2.75) is 31.8 Å². The second kappa shape index (κ2) is 8.95. The van der Waals surface area contributed by atoms with Gasteiger partial charge in [0.2, 0.25) is 0 Å². The summed E-state index contributed by atoms with van der Waals surface area (Å²) >= 11 is 0. The summed E-state index contributed by atoms with van der Waals surface area (Å²) in [6, 6.07) is 1.22. The lowest BCUT2D eigenvalue weighted by Gasteiger charge is -2.33. The molecule has 5 heteroatoms. The zero-order valence-electron chi connectivity index (χ0n) is 13.1. The largest absolute Gasteiger partial charge is 0.383 e. The van der Waals surface area contributed by atoms with Gasteiger partial charge in [0.25, 0.3) is 0 Å². The third kappa shape index (κ3) is 4.67. The van der Waals surface area contributed by atoms with Crippen LogP contribution < -0.4 is 5.32 Å². The van der Waals surface area contributed by atoms with Crippen molar-refractivity contribution >= 4 is 0 Å². The van der Waals surface area contributed by atoms with Crippen molar-refractivity contribution in [1.82, 2.24) is 15.1 Å². The summed E-state index contributed by atoms with van der Waals surface area (Å²) in [4.78, 5) is 5.21. The van der Waals surface area contributed by atoms with Gasteiger partial charge in [-0.15, -0.1) is 0 Å². The van der Waals surface area contributed by atoms with Crippen LogP contribution in [0.5, 0.6) is 0 Å². The number of ether oxygens (including phenoxy) is 2. The van der Waals surface area contributed by atoms with Crippen LogP contribution in [0, 0.1) is 0 Å². The first-order valence-corrected chi connectivity index (χ1v) is 8.10. The molecular weight excluding hydrogens is 254 g/mol. The van der Waals surface area contributed by atoms with Gasteiger partial charge >= 0.3 is 0 Å². The lowest BCUT2D eigenvalue weighted by molar-refractivity contribution is 0.0161. The highest BCUT2D eigenvalue weighted by Gasteiger charge is 2.32. The SMILES string of the molecule is CCCNCC(COC)N1CCC(N2CCOCC2)C1. The molecule has 0 amide bonds. The Bertz CT molecular complexity index is 260. The van der Waals surface area contributed by atoms with Crippen molar-refractivity contribution in [2.75, 3.05) is 66.2 Å². The molecule has 2 fully saturated rings. The van der Waals surface area contributed by atoms with Crippen LogP contribution in [0.2, 0.25) is 0 Å². The molecule has 0 aliphatic carbocycles. The molecule has 20 heavy (non-hydrogen) atoms. The van der Waals surface area contributed by atoms with Gasteiger partial charge in [-0.2, -0.15) is 0 Å². The quantitative estimate of drug-likeness (QED) is 0.654. The molecule has 2 aliphatic heterocycles. The van der Waals surface area contributed by atoms with Gasteiger partial charge in [0.15, 0.2) is 0 Å². The van der Waals surface area contributed by atoms with Crippen LogP contribution in [-0.2, 0) is 9.47 Å². The van der Waals surface area contributed by atoms with Crippen molar-refractivity contribution < 1.29 is 9.47 Å². The molecule has 0 spiro atoms. The fraction of sp³-hybridized carbons (Fsp3) is 1.00. The highest BCUT2D eigenvalue weighted by molar-refractivity contribution is 4.88. The minimum absolute atomic E-state index is 0.512. The minimum Gasteiger partial charge on any atom is -0.383 e. The van der Waals surface area contributed by atoms with E-state index in [-0.39, 0.29) is 0 Å². The standard InChI is InChI=1S/C15H31N3O2/c1-3-5-16-11-15(13-19-2)18-6-4-14(12-18)17-7-9-20-10-8-17/h14-16H,3-13H2,1-2H3. The number of nitrogens with one attached hydrogen (secondary N) is 1. The van der Waals surface area contributed by atoms with Gasteiger partial charge in [-0.05, 0) is 19.4 Å². The smallest absolute Gasteiger partial charge is 0.0630 e. The summed E-state index contributed by atoms with van der Waals surface area (Å²) < 4.78 is 10.9. The monoisotopic (exact) mass is 285 g/mol. The van der Waals surface area contributed by atoms with Crippen molar-refractivity contribution in [3.05, 3.63) is 0 Å². The molecular formula is C15H31N3O2. The van der Waals surface area contributed by atoms with Crippen LogP contribution >= 0.6 is 0 Å². The Hall–Kier alpha value is -0.200. The van der Waals surface area contributed by atoms with Gasteiger partial charge in [-0.3, -0.25) is 9.80 Å². The van der Waals surface area contributed by atoms with Crippen molar-refractivity contribution in [3.63, 3.8) is 0 Å². The molecule has 0 saturated carbocycles. The van der Waals surface area contributed by atoms with E-state index in [1.165, 1.54) is 25.9 Å². The Labute approximate surface area is 123 Å². The van der Waals surface area contributed by atoms with E-state index in [2.05, 4.69) is 22.0 Å². The molecule has 2 unspecified atom stereocenters. The maximum atomic E-state index is 5.45. The Balaban J connectivity index is 1.78. The maximum Gasteiger partial charge on any atom is 0.0630 e. The first-order chi connectivity index (χ1) is 9.85. The zero-order chi connectivity index (χ0) is 14.2. The number of nitrogens with zero attached hydrogens (tertiary/aromatic N) is 2. The van der Waals surface area contributed by atoms with Crippen LogP contribution in [0.25, 0.3) is 0 Å². The van der Waals surface area contributed by atoms with Crippen LogP contribution in [0.15, 0.2) is 0 Å². The number of hydrogen-bond donors (Lipinski definition) is 1. The second-order valence-corrected chi connectivity index (χ2v) is 5.90. The topological polar surface area (TPSA) is 37.0 Å². The average molecular weight is 285 g/mol. The van der Waals surface area contributed by atoms with E-state index in [4.69, 9.17) is 9.47 Å². The van der Waals surface area contributed by atoms with E-state index < -0.39 is 0 Å². The molecule has 0 aromatic rings. The van der Waals surface area contributed by atoms with Gasteiger partial charge in [0.1, 0.15) is 0 Å². The highest BCUT2D eigenvalue weighted by atomic mass is 16.5. The van der Waals surface area contributed by atoms with Gasteiger partial charge in [0, 0.05) is 51.9 Å². The van der Waals surface area contributed by atoms with Gasteiger partial charge in [-0.25, -0.2) is 0 Å². The Morgan fingerprint density at radius 1 is 1.30 bits per heavy atom. The summed E-state index contributed by atoms with van der Waals surface area (Å²) in [5, 5.41) is 3.54. The molecule has 2 heterocycles. The fourth-order valence-corrected chi connectivity index (χ4v) is 3.27. The Morgan fingerprint density at radius 3 is 2.80 bits per heavy atom. The van der Waals surface area contributed by atoms with Gasteiger partial charge in [-0.1, -0.05) is 6.92 Å². The highest BCUT2D eigenvalue weighted by Crippen LogP contribution is 2.19. The lowest BCUT2D eigenvalue weighted by atomic mass is 10.2. The van der Waals surface area contributed by atoms with Crippen LogP contribution in [0.3, 0.4) is 0 Å². The third-order valence-corrected chi connectivity index (χ3v) is 4.44.